The molecule has 0 saturated heterocycles. The SMILES string of the molecule is FC(F)(F)c1ccc(-c2cnc[nH]2)cc1C(F)(F)F. The molecule has 102 valence electrons. The zero-order chi connectivity index (χ0) is 14.3. The predicted molar refractivity (Wildman–Crippen MR) is 54.0 cm³/mol. The number of alkyl halides is 6. The number of H-pyrrole nitrogens is 1. The molecule has 19 heavy (non-hydrogen) atoms. The number of hydrogen-bond donors (Lipinski definition) is 1. The third-order valence-corrected chi connectivity index (χ3v) is 2.44. The topological polar surface area (TPSA) is 28.7 Å². The van der Waals surface area contributed by atoms with E-state index in [9.17, 15) is 26.3 Å². The van der Waals surface area contributed by atoms with Crippen LogP contribution >= 0.6 is 0 Å². The first-order valence-electron chi connectivity index (χ1n) is 4.97. The van der Waals surface area contributed by atoms with Crippen LogP contribution in [0.1, 0.15) is 11.1 Å². The first-order valence-corrected chi connectivity index (χ1v) is 4.97. The Bertz CT molecular complexity index is 568. The van der Waals surface area contributed by atoms with Crippen molar-refractivity contribution >= 4 is 0 Å². The molecule has 0 atom stereocenters. The summed E-state index contributed by atoms with van der Waals surface area (Å²) < 4.78 is 75.6. The maximum absolute atomic E-state index is 12.7. The van der Waals surface area contributed by atoms with Crippen molar-refractivity contribution in [3.05, 3.63) is 41.9 Å². The molecule has 2 nitrogen and oxygen atoms in total. The summed E-state index contributed by atoms with van der Waals surface area (Å²) in [5, 5.41) is 0. The van der Waals surface area contributed by atoms with E-state index in [0.717, 1.165) is 6.07 Å². The summed E-state index contributed by atoms with van der Waals surface area (Å²) in [5.74, 6) is 0. The van der Waals surface area contributed by atoms with Crippen LogP contribution in [0.3, 0.4) is 0 Å². The van der Waals surface area contributed by atoms with Gasteiger partial charge in [0.05, 0.1) is 29.3 Å². The summed E-state index contributed by atoms with van der Waals surface area (Å²) in [5.41, 5.74) is -3.23. The number of halogens is 6. The van der Waals surface area contributed by atoms with Crippen LogP contribution in [0.2, 0.25) is 0 Å². The van der Waals surface area contributed by atoms with Gasteiger partial charge in [0.1, 0.15) is 0 Å². The lowest BCUT2D eigenvalue weighted by molar-refractivity contribution is -0.162. The van der Waals surface area contributed by atoms with Gasteiger partial charge in [-0.25, -0.2) is 4.98 Å². The first-order chi connectivity index (χ1) is 8.69. The molecule has 0 aliphatic carbocycles. The number of imidazole rings is 1. The van der Waals surface area contributed by atoms with Crippen molar-refractivity contribution < 1.29 is 26.3 Å². The first kappa shape index (κ1) is 13.4. The second-order valence-electron chi connectivity index (χ2n) is 3.72. The molecule has 0 bridgehead atoms. The third-order valence-electron chi connectivity index (χ3n) is 2.44. The third kappa shape index (κ3) is 2.72. The molecule has 1 aromatic carbocycles. The summed E-state index contributed by atoms with van der Waals surface area (Å²) >= 11 is 0. The minimum Gasteiger partial charge on any atom is -0.345 e. The molecule has 0 fully saturated rings. The van der Waals surface area contributed by atoms with Gasteiger partial charge in [0.15, 0.2) is 0 Å². The van der Waals surface area contributed by atoms with Crippen LogP contribution in [0.5, 0.6) is 0 Å². The largest absolute Gasteiger partial charge is 0.417 e. The number of aromatic amines is 1. The number of aromatic nitrogens is 2. The van der Waals surface area contributed by atoms with Crippen LogP contribution in [0, 0.1) is 0 Å². The molecule has 0 saturated carbocycles. The number of rotatable bonds is 1. The quantitative estimate of drug-likeness (QED) is 0.782. The van der Waals surface area contributed by atoms with Crippen molar-refractivity contribution in [3.63, 3.8) is 0 Å². The summed E-state index contributed by atoms with van der Waals surface area (Å²) in [4.78, 5) is 6.13. The molecule has 2 aromatic rings. The Kier molecular flexibility index (Phi) is 3.03. The van der Waals surface area contributed by atoms with Gasteiger partial charge in [-0.15, -0.1) is 0 Å². The van der Waals surface area contributed by atoms with Gasteiger partial charge in [0, 0.05) is 5.56 Å². The van der Waals surface area contributed by atoms with Gasteiger partial charge in [-0.3, -0.25) is 0 Å². The van der Waals surface area contributed by atoms with E-state index < -0.39 is 23.5 Å². The molecule has 1 heterocycles. The van der Waals surface area contributed by atoms with E-state index in [1.54, 1.807) is 0 Å². The summed E-state index contributed by atoms with van der Waals surface area (Å²) in [6.07, 6.45) is -7.69. The minimum absolute atomic E-state index is 0.0159. The van der Waals surface area contributed by atoms with Crippen LogP contribution < -0.4 is 0 Å². The molecule has 1 aromatic heterocycles. The Morgan fingerprint density at radius 3 is 2.00 bits per heavy atom. The molecule has 0 aliphatic heterocycles. The fourth-order valence-corrected chi connectivity index (χ4v) is 1.61. The second-order valence-corrected chi connectivity index (χ2v) is 3.72. The van der Waals surface area contributed by atoms with E-state index in [-0.39, 0.29) is 11.3 Å². The molecule has 0 spiro atoms. The lowest BCUT2D eigenvalue weighted by atomic mass is 10.0. The smallest absolute Gasteiger partial charge is 0.345 e. The Morgan fingerprint density at radius 1 is 0.895 bits per heavy atom. The van der Waals surface area contributed by atoms with E-state index >= 15 is 0 Å². The second kappa shape index (κ2) is 4.29. The molecular formula is C11H6F6N2. The summed E-state index contributed by atoms with van der Waals surface area (Å²) in [7, 11) is 0. The maximum atomic E-state index is 12.7. The fraction of sp³-hybridized carbons (Fsp3) is 0.182. The van der Waals surface area contributed by atoms with Crippen molar-refractivity contribution in [2.24, 2.45) is 0 Å². The Balaban J connectivity index is 2.61. The molecule has 1 N–H and O–H groups in total. The molecule has 2 rings (SSSR count). The number of hydrogen-bond acceptors (Lipinski definition) is 1. The molecular weight excluding hydrogens is 274 g/mol. The van der Waals surface area contributed by atoms with Crippen LogP contribution in [0.25, 0.3) is 11.3 Å². The zero-order valence-corrected chi connectivity index (χ0v) is 9.10. The van der Waals surface area contributed by atoms with Gasteiger partial charge >= 0.3 is 12.4 Å². The van der Waals surface area contributed by atoms with Crippen LogP contribution in [0.4, 0.5) is 26.3 Å². The predicted octanol–water partition coefficient (Wildman–Crippen LogP) is 4.11. The lowest BCUT2D eigenvalue weighted by Gasteiger charge is -2.16. The number of nitrogens with one attached hydrogen (secondary N) is 1. The highest BCUT2D eigenvalue weighted by Gasteiger charge is 2.43. The van der Waals surface area contributed by atoms with E-state index in [4.69, 9.17) is 0 Å². The van der Waals surface area contributed by atoms with Crippen LogP contribution in [-0.2, 0) is 12.4 Å². The fourth-order valence-electron chi connectivity index (χ4n) is 1.61. The average Bonchev–Trinajstić information content (AvgIpc) is 2.79. The zero-order valence-electron chi connectivity index (χ0n) is 9.10. The molecule has 0 unspecified atom stereocenters. The molecule has 0 aliphatic rings. The van der Waals surface area contributed by atoms with Crippen molar-refractivity contribution in [1.29, 1.82) is 0 Å². The average molecular weight is 280 g/mol. The molecule has 0 amide bonds. The highest BCUT2D eigenvalue weighted by molar-refractivity contribution is 5.60. The van der Waals surface area contributed by atoms with Gasteiger partial charge in [-0.1, -0.05) is 6.07 Å². The highest BCUT2D eigenvalue weighted by atomic mass is 19.4. The van der Waals surface area contributed by atoms with Gasteiger partial charge in [0.25, 0.3) is 0 Å². The standard InChI is InChI=1S/C11H6F6N2/c12-10(13,14)7-2-1-6(9-4-18-5-19-9)3-8(7)11(15,16)17/h1-5H,(H,18,19). The van der Waals surface area contributed by atoms with E-state index in [1.165, 1.54) is 12.5 Å². The number of benzene rings is 1. The maximum Gasteiger partial charge on any atom is 0.417 e. The Morgan fingerprint density at radius 2 is 1.53 bits per heavy atom. The van der Waals surface area contributed by atoms with Gasteiger partial charge in [-0.2, -0.15) is 26.3 Å². The van der Waals surface area contributed by atoms with Crippen LogP contribution in [0.15, 0.2) is 30.7 Å². The van der Waals surface area contributed by atoms with Gasteiger partial charge in [0.2, 0.25) is 0 Å². The lowest BCUT2D eigenvalue weighted by Crippen LogP contribution is -2.16. The van der Waals surface area contributed by atoms with Crippen molar-refractivity contribution in [3.8, 4) is 11.3 Å². The van der Waals surface area contributed by atoms with E-state index in [0.29, 0.717) is 12.1 Å². The summed E-state index contributed by atoms with van der Waals surface area (Å²) in [6, 6.07) is 1.83. The highest BCUT2D eigenvalue weighted by Crippen LogP contribution is 2.41. The van der Waals surface area contributed by atoms with E-state index in [2.05, 4.69) is 9.97 Å². The summed E-state index contributed by atoms with van der Waals surface area (Å²) in [6.45, 7) is 0. The van der Waals surface area contributed by atoms with Crippen LogP contribution in [-0.4, -0.2) is 9.97 Å². The number of nitrogens with zero attached hydrogens (tertiary/aromatic N) is 1. The monoisotopic (exact) mass is 280 g/mol. The van der Waals surface area contributed by atoms with Gasteiger partial charge in [-0.05, 0) is 12.1 Å². The van der Waals surface area contributed by atoms with Crippen molar-refractivity contribution in [2.75, 3.05) is 0 Å². The van der Waals surface area contributed by atoms with Gasteiger partial charge < -0.3 is 4.98 Å². The molecule has 8 heteroatoms. The molecule has 0 radical (unpaired) electrons. The van der Waals surface area contributed by atoms with E-state index in [1.807, 2.05) is 0 Å². The normalized spacial score (nSPS) is 12.7. The van der Waals surface area contributed by atoms with Crippen molar-refractivity contribution in [2.45, 2.75) is 12.4 Å². The van der Waals surface area contributed by atoms with Crippen molar-refractivity contribution in [1.82, 2.24) is 9.97 Å². The Labute approximate surface area is 103 Å². The minimum atomic E-state index is -5.08. The Hall–Kier alpha value is -1.99.